The molecule has 21 heavy (non-hydrogen) atoms. The molecule has 0 atom stereocenters. The van der Waals surface area contributed by atoms with Crippen LogP contribution in [0.15, 0.2) is 24.3 Å². The fraction of sp³-hybridized carbons (Fsp3) is 0.357. The Hall–Kier alpha value is -2.15. The predicted octanol–water partition coefficient (Wildman–Crippen LogP) is 2.80. The van der Waals surface area contributed by atoms with Gasteiger partial charge in [-0.05, 0) is 24.3 Å². The van der Waals surface area contributed by atoms with Crippen LogP contribution in [-0.2, 0) is 12.0 Å². The fourth-order valence-electron chi connectivity index (χ4n) is 1.95. The number of phenols is 1. The second kappa shape index (κ2) is 5.00. The first-order valence-electron chi connectivity index (χ1n) is 6.68. The van der Waals surface area contributed by atoms with Crippen molar-refractivity contribution in [3.05, 3.63) is 35.1 Å². The molecule has 0 fully saturated rings. The van der Waals surface area contributed by atoms with Gasteiger partial charge in [0.2, 0.25) is 4.96 Å². The van der Waals surface area contributed by atoms with E-state index in [0.717, 1.165) is 21.5 Å². The monoisotopic (exact) mass is 303 g/mol. The maximum Gasteiger partial charge on any atom is 0.234 e. The van der Waals surface area contributed by atoms with Gasteiger partial charge in [-0.1, -0.05) is 32.1 Å². The lowest BCUT2D eigenvalue weighted by molar-refractivity contribution is 0.475. The second-order valence-electron chi connectivity index (χ2n) is 5.86. The van der Waals surface area contributed by atoms with E-state index in [4.69, 9.17) is 0 Å². The SMILES string of the molecule is CC(C)(C)c1nnc2sc(CNc3ccc(O)cc3)nn12. The summed E-state index contributed by atoms with van der Waals surface area (Å²) in [5, 5.41) is 26.4. The summed E-state index contributed by atoms with van der Waals surface area (Å²) in [6, 6.07) is 6.96. The maximum atomic E-state index is 9.26. The molecule has 0 saturated heterocycles. The number of benzene rings is 1. The highest BCUT2D eigenvalue weighted by Gasteiger charge is 2.23. The van der Waals surface area contributed by atoms with Crippen LogP contribution < -0.4 is 5.32 Å². The van der Waals surface area contributed by atoms with Crippen molar-refractivity contribution in [2.75, 3.05) is 5.32 Å². The van der Waals surface area contributed by atoms with Crippen molar-refractivity contribution in [1.29, 1.82) is 0 Å². The van der Waals surface area contributed by atoms with Gasteiger partial charge in [0.1, 0.15) is 10.8 Å². The third-order valence-electron chi connectivity index (χ3n) is 3.01. The molecule has 0 radical (unpaired) electrons. The van der Waals surface area contributed by atoms with Gasteiger partial charge in [-0.3, -0.25) is 0 Å². The van der Waals surface area contributed by atoms with E-state index in [1.807, 2.05) is 16.6 Å². The lowest BCUT2D eigenvalue weighted by Gasteiger charge is -2.13. The van der Waals surface area contributed by atoms with Crippen molar-refractivity contribution in [2.45, 2.75) is 32.7 Å². The molecule has 0 unspecified atom stereocenters. The number of rotatable bonds is 3. The molecule has 110 valence electrons. The third-order valence-corrected chi connectivity index (χ3v) is 3.91. The topological polar surface area (TPSA) is 75.3 Å². The summed E-state index contributed by atoms with van der Waals surface area (Å²) < 4.78 is 1.82. The van der Waals surface area contributed by atoms with Crippen LogP contribution in [0.3, 0.4) is 0 Å². The number of hydrogen-bond donors (Lipinski definition) is 2. The molecular weight excluding hydrogens is 286 g/mol. The van der Waals surface area contributed by atoms with E-state index in [-0.39, 0.29) is 11.2 Å². The Kier molecular flexibility index (Phi) is 3.29. The lowest BCUT2D eigenvalue weighted by Crippen LogP contribution is -2.16. The summed E-state index contributed by atoms with van der Waals surface area (Å²) in [5.74, 6) is 1.12. The van der Waals surface area contributed by atoms with Crippen molar-refractivity contribution in [3.8, 4) is 5.75 Å². The third kappa shape index (κ3) is 2.82. The van der Waals surface area contributed by atoms with Gasteiger partial charge in [0.15, 0.2) is 5.82 Å². The highest BCUT2D eigenvalue weighted by atomic mass is 32.1. The molecule has 0 aliphatic rings. The molecule has 0 aliphatic heterocycles. The standard InChI is InChI=1S/C14H17N5OS/c1-14(2,3)12-16-17-13-19(12)18-11(21-13)8-15-9-4-6-10(20)7-5-9/h4-7,15,20H,8H2,1-3H3. The minimum absolute atomic E-state index is 0.0881. The Labute approximate surface area is 126 Å². The molecule has 0 amide bonds. The van der Waals surface area contributed by atoms with Crippen LogP contribution in [-0.4, -0.2) is 24.9 Å². The quantitative estimate of drug-likeness (QED) is 0.728. The van der Waals surface area contributed by atoms with Gasteiger partial charge in [-0.2, -0.15) is 9.61 Å². The Bertz CT molecular complexity index is 754. The van der Waals surface area contributed by atoms with Crippen molar-refractivity contribution in [1.82, 2.24) is 19.8 Å². The van der Waals surface area contributed by atoms with E-state index in [1.165, 1.54) is 11.3 Å². The number of nitrogens with one attached hydrogen (secondary N) is 1. The van der Waals surface area contributed by atoms with Gasteiger partial charge < -0.3 is 10.4 Å². The van der Waals surface area contributed by atoms with Crippen molar-refractivity contribution in [2.24, 2.45) is 0 Å². The average Bonchev–Trinajstić information content (AvgIpc) is 2.96. The van der Waals surface area contributed by atoms with Crippen LogP contribution in [0.1, 0.15) is 31.6 Å². The number of hydrogen-bond acceptors (Lipinski definition) is 6. The van der Waals surface area contributed by atoms with Crippen LogP contribution in [0.4, 0.5) is 5.69 Å². The molecule has 2 aromatic heterocycles. The van der Waals surface area contributed by atoms with Crippen molar-refractivity contribution < 1.29 is 5.11 Å². The highest BCUT2D eigenvalue weighted by Crippen LogP contribution is 2.23. The maximum absolute atomic E-state index is 9.26. The molecule has 2 N–H and O–H groups in total. The molecule has 1 aromatic carbocycles. The summed E-state index contributed by atoms with van der Waals surface area (Å²) in [6.45, 7) is 6.90. The zero-order valence-corrected chi connectivity index (χ0v) is 13.0. The number of fused-ring (bicyclic) bond motifs is 1. The second-order valence-corrected chi connectivity index (χ2v) is 6.90. The molecule has 0 saturated carbocycles. The number of nitrogens with zero attached hydrogens (tertiary/aromatic N) is 4. The Balaban J connectivity index is 1.79. The van der Waals surface area contributed by atoms with Crippen LogP contribution in [0.25, 0.3) is 4.96 Å². The number of aromatic hydroxyl groups is 1. The first-order valence-corrected chi connectivity index (χ1v) is 7.49. The Morgan fingerprint density at radius 1 is 1.19 bits per heavy atom. The van der Waals surface area contributed by atoms with Crippen LogP contribution in [0, 0.1) is 0 Å². The van der Waals surface area contributed by atoms with Crippen LogP contribution in [0.2, 0.25) is 0 Å². The van der Waals surface area contributed by atoms with Crippen molar-refractivity contribution >= 4 is 22.0 Å². The summed E-state index contributed by atoms with van der Waals surface area (Å²) in [6.07, 6.45) is 0. The molecule has 0 bridgehead atoms. The Morgan fingerprint density at radius 2 is 1.90 bits per heavy atom. The number of aromatic nitrogens is 4. The van der Waals surface area contributed by atoms with Gasteiger partial charge in [0, 0.05) is 11.1 Å². The molecule has 7 heteroatoms. The van der Waals surface area contributed by atoms with E-state index in [9.17, 15) is 5.11 Å². The smallest absolute Gasteiger partial charge is 0.234 e. The van der Waals surface area contributed by atoms with E-state index in [2.05, 4.69) is 41.4 Å². The molecule has 3 aromatic rings. The van der Waals surface area contributed by atoms with E-state index in [1.54, 1.807) is 12.1 Å². The highest BCUT2D eigenvalue weighted by molar-refractivity contribution is 7.16. The summed E-state index contributed by atoms with van der Waals surface area (Å²) >= 11 is 1.52. The van der Waals surface area contributed by atoms with Crippen LogP contribution >= 0.6 is 11.3 Å². The normalized spacial score (nSPS) is 12.0. The summed E-state index contributed by atoms with van der Waals surface area (Å²) in [4.78, 5) is 0.808. The number of anilines is 1. The van der Waals surface area contributed by atoms with Gasteiger partial charge in [-0.25, -0.2) is 0 Å². The molecule has 3 rings (SSSR count). The Morgan fingerprint density at radius 3 is 2.57 bits per heavy atom. The minimum atomic E-state index is -0.0881. The molecular formula is C14H17N5OS. The summed E-state index contributed by atoms with van der Waals surface area (Å²) in [5.41, 5.74) is 0.851. The zero-order chi connectivity index (χ0) is 15.0. The van der Waals surface area contributed by atoms with Gasteiger partial charge in [0.05, 0.1) is 6.54 Å². The largest absolute Gasteiger partial charge is 0.508 e. The summed E-state index contributed by atoms with van der Waals surface area (Å²) in [7, 11) is 0. The van der Waals surface area contributed by atoms with Gasteiger partial charge in [-0.15, -0.1) is 10.2 Å². The predicted molar refractivity (Wildman–Crippen MR) is 82.8 cm³/mol. The van der Waals surface area contributed by atoms with E-state index < -0.39 is 0 Å². The van der Waals surface area contributed by atoms with E-state index >= 15 is 0 Å². The number of phenolic OH excluding ortho intramolecular Hbond substituents is 1. The minimum Gasteiger partial charge on any atom is -0.508 e. The van der Waals surface area contributed by atoms with Crippen molar-refractivity contribution in [3.63, 3.8) is 0 Å². The molecule has 0 spiro atoms. The fourth-order valence-corrected chi connectivity index (χ4v) is 2.73. The molecule has 2 heterocycles. The first-order chi connectivity index (χ1) is 9.93. The van der Waals surface area contributed by atoms with Gasteiger partial charge >= 0.3 is 0 Å². The molecule has 0 aliphatic carbocycles. The van der Waals surface area contributed by atoms with Gasteiger partial charge in [0.25, 0.3) is 0 Å². The van der Waals surface area contributed by atoms with E-state index in [0.29, 0.717) is 6.54 Å². The van der Waals surface area contributed by atoms with Crippen LogP contribution in [0.5, 0.6) is 5.75 Å². The molecule has 6 nitrogen and oxygen atoms in total. The lowest BCUT2D eigenvalue weighted by atomic mass is 9.96. The average molecular weight is 303 g/mol. The zero-order valence-electron chi connectivity index (χ0n) is 12.2. The first kappa shape index (κ1) is 13.8.